The summed E-state index contributed by atoms with van der Waals surface area (Å²) in [6.07, 6.45) is 4.60. The van der Waals surface area contributed by atoms with Gasteiger partial charge in [-0.05, 0) is 30.4 Å². The smallest absolute Gasteiger partial charge is 0.0914 e. The van der Waals surface area contributed by atoms with Crippen LogP contribution in [0.25, 0.3) is 0 Å². The zero-order valence-corrected chi connectivity index (χ0v) is 13.5. The van der Waals surface area contributed by atoms with Crippen molar-refractivity contribution in [1.82, 2.24) is 5.32 Å². The molecule has 1 rings (SSSR count). The van der Waals surface area contributed by atoms with Crippen LogP contribution in [0.3, 0.4) is 0 Å². The molecule has 20 heavy (non-hydrogen) atoms. The normalized spacial score (nSPS) is 14.5. The minimum Gasteiger partial charge on any atom is -0.387 e. The Morgan fingerprint density at radius 1 is 1.00 bits per heavy atom. The summed E-state index contributed by atoms with van der Waals surface area (Å²) in [5.74, 6) is 0.540. The number of aliphatic hydroxyl groups excluding tert-OH is 1. The van der Waals surface area contributed by atoms with Crippen molar-refractivity contribution in [2.24, 2.45) is 0 Å². The lowest BCUT2D eigenvalue weighted by molar-refractivity contribution is 0.169. The van der Waals surface area contributed by atoms with Gasteiger partial charge in [0.1, 0.15) is 0 Å². The second kappa shape index (κ2) is 9.15. The summed E-state index contributed by atoms with van der Waals surface area (Å²) in [5.41, 5.74) is 2.32. The standard InChI is InChI=1S/C18H31NO/c1-5-6-7-8-15(4)19-13-18(20)17-11-9-16(10-12-17)14(2)3/h9-12,14-15,18-20H,5-8,13H2,1-4H3. The van der Waals surface area contributed by atoms with Gasteiger partial charge in [0.25, 0.3) is 0 Å². The number of benzene rings is 1. The maximum Gasteiger partial charge on any atom is 0.0914 e. The van der Waals surface area contributed by atoms with Crippen LogP contribution in [0.5, 0.6) is 0 Å². The summed E-state index contributed by atoms with van der Waals surface area (Å²) >= 11 is 0. The molecule has 2 atom stereocenters. The van der Waals surface area contributed by atoms with Crippen molar-refractivity contribution in [1.29, 1.82) is 0 Å². The van der Waals surface area contributed by atoms with Crippen LogP contribution in [0.15, 0.2) is 24.3 Å². The van der Waals surface area contributed by atoms with Crippen molar-refractivity contribution in [2.45, 2.75) is 71.4 Å². The van der Waals surface area contributed by atoms with Gasteiger partial charge in [-0.2, -0.15) is 0 Å². The SMILES string of the molecule is CCCCCC(C)NCC(O)c1ccc(C(C)C)cc1. The van der Waals surface area contributed by atoms with E-state index in [0.29, 0.717) is 18.5 Å². The van der Waals surface area contributed by atoms with Gasteiger partial charge >= 0.3 is 0 Å². The van der Waals surface area contributed by atoms with Crippen molar-refractivity contribution in [3.05, 3.63) is 35.4 Å². The molecule has 0 saturated carbocycles. The summed E-state index contributed by atoms with van der Waals surface area (Å²) < 4.78 is 0. The predicted octanol–water partition coefficient (Wildman–Crippen LogP) is 4.40. The fourth-order valence-electron chi connectivity index (χ4n) is 2.34. The summed E-state index contributed by atoms with van der Waals surface area (Å²) in [5, 5.41) is 13.6. The predicted molar refractivity (Wildman–Crippen MR) is 87.1 cm³/mol. The lowest BCUT2D eigenvalue weighted by Gasteiger charge is -2.18. The van der Waals surface area contributed by atoms with E-state index < -0.39 is 6.10 Å². The zero-order valence-electron chi connectivity index (χ0n) is 13.5. The van der Waals surface area contributed by atoms with Gasteiger partial charge in [0, 0.05) is 12.6 Å². The van der Waals surface area contributed by atoms with Gasteiger partial charge in [0.2, 0.25) is 0 Å². The largest absolute Gasteiger partial charge is 0.387 e. The van der Waals surface area contributed by atoms with Crippen LogP contribution < -0.4 is 5.32 Å². The summed E-state index contributed by atoms with van der Waals surface area (Å²) in [6, 6.07) is 8.81. The highest BCUT2D eigenvalue weighted by atomic mass is 16.3. The van der Waals surface area contributed by atoms with Crippen LogP contribution in [0.1, 0.15) is 76.5 Å². The van der Waals surface area contributed by atoms with E-state index in [4.69, 9.17) is 0 Å². The molecule has 2 unspecified atom stereocenters. The number of rotatable bonds is 9. The molecule has 2 N–H and O–H groups in total. The molecule has 114 valence electrons. The van der Waals surface area contributed by atoms with Crippen LogP contribution in [0.4, 0.5) is 0 Å². The molecule has 0 aliphatic rings. The lowest BCUT2D eigenvalue weighted by Crippen LogP contribution is -2.30. The Morgan fingerprint density at radius 3 is 2.15 bits per heavy atom. The van der Waals surface area contributed by atoms with E-state index in [1.807, 2.05) is 12.1 Å². The average Bonchev–Trinajstić information content (AvgIpc) is 2.45. The first kappa shape index (κ1) is 17.2. The van der Waals surface area contributed by atoms with Gasteiger partial charge in [-0.25, -0.2) is 0 Å². The second-order valence-corrected chi connectivity index (χ2v) is 6.14. The van der Waals surface area contributed by atoms with Gasteiger partial charge in [-0.15, -0.1) is 0 Å². The third-order valence-electron chi connectivity index (χ3n) is 3.89. The fourth-order valence-corrected chi connectivity index (χ4v) is 2.34. The number of hydrogen-bond acceptors (Lipinski definition) is 2. The molecule has 2 heteroatoms. The molecule has 0 saturated heterocycles. The van der Waals surface area contributed by atoms with Crippen molar-refractivity contribution in [3.63, 3.8) is 0 Å². The van der Waals surface area contributed by atoms with Gasteiger partial charge in [-0.3, -0.25) is 0 Å². The first-order chi connectivity index (χ1) is 9.54. The Morgan fingerprint density at radius 2 is 1.60 bits per heavy atom. The minimum atomic E-state index is -0.412. The molecule has 1 aromatic carbocycles. The molecule has 0 bridgehead atoms. The van der Waals surface area contributed by atoms with Crippen LogP contribution in [0.2, 0.25) is 0 Å². The Balaban J connectivity index is 2.36. The van der Waals surface area contributed by atoms with Crippen molar-refractivity contribution >= 4 is 0 Å². The minimum absolute atomic E-state index is 0.412. The van der Waals surface area contributed by atoms with E-state index in [9.17, 15) is 5.11 Å². The van der Waals surface area contributed by atoms with Crippen molar-refractivity contribution in [2.75, 3.05) is 6.54 Å². The van der Waals surface area contributed by atoms with Crippen LogP contribution >= 0.6 is 0 Å². The molecular formula is C18H31NO. The van der Waals surface area contributed by atoms with Gasteiger partial charge in [0.05, 0.1) is 6.10 Å². The highest BCUT2D eigenvalue weighted by Gasteiger charge is 2.09. The molecule has 0 fully saturated rings. The van der Waals surface area contributed by atoms with Crippen LogP contribution in [0, 0.1) is 0 Å². The third kappa shape index (κ3) is 6.06. The first-order valence-electron chi connectivity index (χ1n) is 8.05. The molecule has 0 heterocycles. The van der Waals surface area contributed by atoms with E-state index in [-0.39, 0.29) is 0 Å². The van der Waals surface area contributed by atoms with Gasteiger partial charge in [0.15, 0.2) is 0 Å². The van der Waals surface area contributed by atoms with Gasteiger partial charge < -0.3 is 10.4 Å². The van der Waals surface area contributed by atoms with Crippen LogP contribution in [-0.4, -0.2) is 17.7 Å². The van der Waals surface area contributed by atoms with Gasteiger partial charge in [-0.1, -0.05) is 64.3 Å². The summed E-state index contributed by atoms with van der Waals surface area (Å²) in [4.78, 5) is 0. The summed E-state index contributed by atoms with van der Waals surface area (Å²) in [7, 11) is 0. The van der Waals surface area contributed by atoms with Crippen LogP contribution in [-0.2, 0) is 0 Å². The van der Waals surface area contributed by atoms with Crippen molar-refractivity contribution < 1.29 is 5.11 Å². The highest BCUT2D eigenvalue weighted by molar-refractivity contribution is 5.26. The molecule has 2 nitrogen and oxygen atoms in total. The zero-order chi connectivity index (χ0) is 15.0. The molecule has 0 aromatic heterocycles. The van der Waals surface area contributed by atoms with E-state index >= 15 is 0 Å². The number of nitrogens with one attached hydrogen (secondary N) is 1. The third-order valence-corrected chi connectivity index (χ3v) is 3.89. The lowest BCUT2D eigenvalue weighted by atomic mass is 10.00. The van der Waals surface area contributed by atoms with E-state index in [1.165, 1.54) is 31.2 Å². The highest BCUT2D eigenvalue weighted by Crippen LogP contribution is 2.18. The van der Waals surface area contributed by atoms with Crippen molar-refractivity contribution in [3.8, 4) is 0 Å². The maximum absolute atomic E-state index is 10.2. The molecule has 0 aliphatic carbocycles. The Kier molecular flexibility index (Phi) is 7.86. The Bertz CT molecular complexity index is 358. The van der Waals surface area contributed by atoms with E-state index in [0.717, 1.165) is 5.56 Å². The molecule has 0 aliphatic heterocycles. The Hall–Kier alpha value is -0.860. The average molecular weight is 277 g/mol. The van der Waals surface area contributed by atoms with E-state index in [1.54, 1.807) is 0 Å². The monoisotopic (exact) mass is 277 g/mol. The van der Waals surface area contributed by atoms with E-state index in [2.05, 4.69) is 45.1 Å². The molecule has 0 spiro atoms. The first-order valence-corrected chi connectivity index (χ1v) is 8.05. The molecule has 1 aromatic rings. The topological polar surface area (TPSA) is 32.3 Å². The fraction of sp³-hybridized carbons (Fsp3) is 0.667. The molecule has 0 radical (unpaired) electrons. The number of hydrogen-bond donors (Lipinski definition) is 2. The molecule has 0 amide bonds. The second-order valence-electron chi connectivity index (χ2n) is 6.14. The Labute approximate surface area is 124 Å². The summed E-state index contributed by atoms with van der Waals surface area (Å²) in [6.45, 7) is 9.43. The quantitative estimate of drug-likeness (QED) is 0.656. The number of aliphatic hydroxyl groups is 1. The molecular weight excluding hydrogens is 246 g/mol. The maximum atomic E-state index is 10.2. The number of unbranched alkanes of at least 4 members (excludes halogenated alkanes) is 2.